The third-order valence-electron chi connectivity index (χ3n) is 8.18. The van der Waals surface area contributed by atoms with Gasteiger partial charge in [0.25, 0.3) is 11.8 Å². The number of rotatable bonds is 13. The predicted molar refractivity (Wildman–Crippen MR) is 180 cm³/mol. The Kier molecular flexibility index (Phi) is 11.2. The smallest absolute Gasteiger partial charge is 0.262 e. The van der Waals surface area contributed by atoms with Gasteiger partial charge in [0.2, 0.25) is 0 Å². The molecule has 2 amide bonds. The molecule has 0 saturated carbocycles. The van der Waals surface area contributed by atoms with Gasteiger partial charge in [-0.2, -0.15) is 0 Å². The molecule has 0 radical (unpaired) electrons. The molecule has 44 heavy (non-hydrogen) atoms. The summed E-state index contributed by atoms with van der Waals surface area (Å²) in [5, 5.41) is 5.95. The van der Waals surface area contributed by atoms with Gasteiger partial charge in [-0.1, -0.05) is 76.2 Å². The molecule has 0 saturated heterocycles. The number of hydrogen-bond acceptors (Lipinski definition) is 4. The van der Waals surface area contributed by atoms with Gasteiger partial charge in [-0.05, 0) is 108 Å². The van der Waals surface area contributed by atoms with Gasteiger partial charge in [0.05, 0.1) is 0 Å². The van der Waals surface area contributed by atoms with Gasteiger partial charge in [-0.25, -0.2) is 0 Å². The van der Waals surface area contributed by atoms with Crippen molar-refractivity contribution in [2.75, 3.05) is 23.8 Å². The van der Waals surface area contributed by atoms with Crippen LogP contribution in [0.1, 0.15) is 74.6 Å². The minimum absolute atomic E-state index is 0.0591. The van der Waals surface area contributed by atoms with Crippen LogP contribution in [-0.4, -0.2) is 25.0 Å². The summed E-state index contributed by atoms with van der Waals surface area (Å²) in [5.41, 5.74) is 7.64. The summed E-state index contributed by atoms with van der Waals surface area (Å²) >= 11 is 0. The Labute approximate surface area is 261 Å². The summed E-state index contributed by atoms with van der Waals surface area (Å²) in [6, 6.07) is 27.6. The molecule has 0 fully saturated rings. The Morgan fingerprint density at radius 2 is 1.00 bits per heavy atom. The monoisotopic (exact) mass is 592 g/mol. The molecule has 0 bridgehead atoms. The highest BCUT2D eigenvalue weighted by Gasteiger charge is 2.14. The van der Waals surface area contributed by atoms with Gasteiger partial charge in [0, 0.05) is 11.4 Å². The molecular weight excluding hydrogens is 548 g/mol. The minimum atomic E-state index is -0.205. The van der Waals surface area contributed by atoms with Crippen LogP contribution in [0.5, 0.6) is 11.5 Å². The first-order valence-corrected chi connectivity index (χ1v) is 15.4. The first kappa shape index (κ1) is 32.3. The molecular formula is C38H44N2O4. The second-order valence-corrected chi connectivity index (χ2v) is 11.4. The van der Waals surface area contributed by atoms with E-state index in [-0.39, 0.29) is 25.0 Å². The number of ether oxygens (including phenoxy) is 2. The van der Waals surface area contributed by atoms with Gasteiger partial charge in [-0.3, -0.25) is 9.59 Å². The van der Waals surface area contributed by atoms with Crippen molar-refractivity contribution in [3.63, 3.8) is 0 Å². The van der Waals surface area contributed by atoms with Gasteiger partial charge in [-0.15, -0.1) is 0 Å². The molecule has 0 aliphatic carbocycles. The largest absolute Gasteiger partial charge is 0.483 e. The summed E-state index contributed by atoms with van der Waals surface area (Å²) in [6.07, 6.45) is 2.00. The van der Waals surface area contributed by atoms with E-state index in [0.29, 0.717) is 11.8 Å². The van der Waals surface area contributed by atoms with Crippen LogP contribution in [0.3, 0.4) is 0 Å². The lowest BCUT2D eigenvalue weighted by Gasteiger charge is -2.16. The first-order chi connectivity index (χ1) is 21.2. The van der Waals surface area contributed by atoms with Gasteiger partial charge in [0.15, 0.2) is 13.2 Å². The summed E-state index contributed by atoms with van der Waals surface area (Å²) in [6.45, 7) is 12.4. The molecule has 2 unspecified atom stereocenters. The molecule has 0 aliphatic rings. The molecule has 0 heterocycles. The molecule has 2 N–H and O–H groups in total. The van der Waals surface area contributed by atoms with Crippen LogP contribution >= 0.6 is 0 Å². The Morgan fingerprint density at radius 3 is 1.36 bits per heavy atom. The van der Waals surface area contributed by atoms with Crippen LogP contribution in [0.15, 0.2) is 84.9 Å². The van der Waals surface area contributed by atoms with E-state index in [4.69, 9.17) is 9.47 Å². The van der Waals surface area contributed by atoms with Crippen LogP contribution in [0.2, 0.25) is 0 Å². The van der Waals surface area contributed by atoms with E-state index in [9.17, 15) is 9.59 Å². The second kappa shape index (κ2) is 15.2. The van der Waals surface area contributed by atoms with E-state index in [1.165, 1.54) is 0 Å². The highest BCUT2D eigenvalue weighted by Crippen LogP contribution is 2.31. The number of amides is 2. The van der Waals surface area contributed by atoms with Crippen molar-refractivity contribution in [2.45, 2.75) is 66.2 Å². The van der Waals surface area contributed by atoms with E-state index < -0.39 is 0 Å². The average molecular weight is 593 g/mol. The van der Waals surface area contributed by atoms with Crippen LogP contribution in [0.4, 0.5) is 11.4 Å². The topological polar surface area (TPSA) is 76.7 Å². The highest BCUT2D eigenvalue weighted by molar-refractivity contribution is 5.94. The van der Waals surface area contributed by atoms with E-state index in [1.807, 2.05) is 86.6 Å². The predicted octanol–water partition coefficient (Wildman–Crippen LogP) is 9.03. The normalized spacial score (nSPS) is 12.2. The fraction of sp³-hybridized carbons (Fsp3) is 0.316. The van der Waals surface area contributed by atoms with E-state index in [2.05, 4.69) is 50.5 Å². The molecule has 6 heteroatoms. The first-order valence-electron chi connectivity index (χ1n) is 15.4. The molecule has 6 nitrogen and oxygen atoms in total. The van der Waals surface area contributed by atoms with Crippen molar-refractivity contribution >= 4 is 23.2 Å². The average Bonchev–Trinajstić information content (AvgIpc) is 3.04. The zero-order valence-electron chi connectivity index (χ0n) is 26.7. The van der Waals surface area contributed by atoms with Crippen LogP contribution in [-0.2, 0) is 9.59 Å². The van der Waals surface area contributed by atoms with Gasteiger partial charge >= 0.3 is 0 Å². The summed E-state index contributed by atoms with van der Waals surface area (Å²) in [5.74, 6) is 1.80. The minimum Gasteiger partial charge on any atom is -0.483 e. The van der Waals surface area contributed by atoms with Crippen molar-refractivity contribution in [1.29, 1.82) is 0 Å². The lowest BCUT2D eigenvalue weighted by molar-refractivity contribution is -0.118. The SMILES string of the molecule is CCC(C)c1ccccc1OCC(=O)Nc1ccc(-c2ccc(NC(=O)COc3ccccc3C(C)CC)c(C)c2)cc1C. The Balaban J connectivity index is 1.35. The van der Waals surface area contributed by atoms with Crippen molar-refractivity contribution in [3.05, 3.63) is 107 Å². The lowest BCUT2D eigenvalue weighted by atomic mass is 9.98. The zero-order chi connectivity index (χ0) is 31.6. The number of carbonyl (C=O) groups is 2. The maximum Gasteiger partial charge on any atom is 0.262 e. The van der Waals surface area contributed by atoms with Gasteiger partial charge < -0.3 is 20.1 Å². The van der Waals surface area contributed by atoms with E-state index in [0.717, 1.165) is 69.1 Å². The number of aryl methyl sites for hydroxylation is 2. The number of nitrogens with one attached hydrogen (secondary N) is 2. The fourth-order valence-electron chi connectivity index (χ4n) is 5.10. The summed E-state index contributed by atoms with van der Waals surface area (Å²) in [4.78, 5) is 25.4. The Morgan fingerprint density at radius 1 is 0.614 bits per heavy atom. The van der Waals surface area contributed by atoms with Crippen LogP contribution in [0.25, 0.3) is 11.1 Å². The molecule has 4 aromatic rings. The lowest BCUT2D eigenvalue weighted by Crippen LogP contribution is -2.21. The maximum atomic E-state index is 12.7. The Hall–Kier alpha value is -4.58. The number of benzene rings is 4. The van der Waals surface area contributed by atoms with E-state index >= 15 is 0 Å². The molecule has 230 valence electrons. The van der Waals surface area contributed by atoms with E-state index in [1.54, 1.807) is 0 Å². The standard InChI is InChI=1S/C38H44N2O4/c1-7-25(3)31-13-9-11-15-35(31)43-23-37(41)39-33-19-17-29(21-27(33)5)30-18-20-34(28(6)22-30)40-38(42)24-44-36-16-12-10-14-32(36)26(4)8-2/h9-22,25-26H,7-8,23-24H2,1-6H3,(H,39,41)(H,40,42). The van der Waals surface area contributed by atoms with Crippen LogP contribution < -0.4 is 20.1 Å². The summed E-state index contributed by atoms with van der Waals surface area (Å²) < 4.78 is 11.8. The maximum absolute atomic E-state index is 12.7. The third-order valence-corrected chi connectivity index (χ3v) is 8.18. The van der Waals surface area contributed by atoms with Crippen molar-refractivity contribution < 1.29 is 19.1 Å². The number of hydrogen-bond donors (Lipinski definition) is 2. The second-order valence-electron chi connectivity index (χ2n) is 11.4. The molecule has 4 aromatic carbocycles. The molecule has 0 aromatic heterocycles. The highest BCUT2D eigenvalue weighted by atomic mass is 16.5. The van der Waals surface area contributed by atoms with Crippen molar-refractivity contribution in [3.8, 4) is 22.6 Å². The quantitative estimate of drug-likeness (QED) is 0.162. The summed E-state index contributed by atoms with van der Waals surface area (Å²) in [7, 11) is 0. The Bertz CT molecular complexity index is 1480. The van der Waals surface area contributed by atoms with Crippen molar-refractivity contribution in [2.24, 2.45) is 0 Å². The molecule has 0 aliphatic heterocycles. The molecule has 4 rings (SSSR count). The third kappa shape index (κ3) is 8.28. The van der Waals surface area contributed by atoms with Crippen LogP contribution in [0, 0.1) is 13.8 Å². The number of anilines is 2. The zero-order valence-corrected chi connectivity index (χ0v) is 26.7. The fourth-order valence-corrected chi connectivity index (χ4v) is 5.10. The molecule has 0 spiro atoms. The number of para-hydroxylation sites is 2. The molecule has 2 atom stereocenters. The van der Waals surface area contributed by atoms with Crippen molar-refractivity contribution in [1.82, 2.24) is 0 Å². The number of carbonyl (C=O) groups excluding carboxylic acids is 2. The van der Waals surface area contributed by atoms with Gasteiger partial charge in [0.1, 0.15) is 11.5 Å².